The van der Waals surface area contributed by atoms with E-state index in [4.69, 9.17) is 11.1 Å². The van der Waals surface area contributed by atoms with Gasteiger partial charge in [-0.2, -0.15) is 0 Å². The summed E-state index contributed by atoms with van der Waals surface area (Å²) in [7, 11) is 0. The number of urea groups is 1. The minimum absolute atomic E-state index is 0.0162. The highest BCUT2D eigenvalue weighted by Crippen LogP contribution is 1.95. The van der Waals surface area contributed by atoms with Gasteiger partial charge in [0.15, 0.2) is 0 Å². The summed E-state index contributed by atoms with van der Waals surface area (Å²) in [6.07, 6.45) is 3.60. The van der Waals surface area contributed by atoms with Gasteiger partial charge in [0.2, 0.25) is 0 Å². The summed E-state index contributed by atoms with van der Waals surface area (Å²) in [5.41, 5.74) is 5.37. The number of nitrogens with two attached hydrogens (primary N) is 1. The fourth-order valence-electron chi connectivity index (χ4n) is 1.18. The lowest BCUT2D eigenvalue weighted by Gasteiger charge is -2.16. The Balaban J connectivity index is 3.84. The fraction of sp³-hybridized carbons (Fsp3) is 0.800. The largest absolute Gasteiger partial charge is 0.386 e. The van der Waals surface area contributed by atoms with Gasteiger partial charge in [0.25, 0.3) is 0 Å². The maximum atomic E-state index is 11.3. The standard InChI is InChI=1S/C10H22N4O/c1-3-5-7-13-10(15)14-8(6-4-2)9(11)12/h8H,3-7H2,1-2H3,(H3,11,12)(H2,13,14,15). The highest BCUT2D eigenvalue weighted by atomic mass is 16.2. The van der Waals surface area contributed by atoms with Crippen LogP contribution in [-0.4, -0.2) is 24.5 Å². The maximum Gasteiger partial charge on any atom is 0.315 e. The monoisotopic (exact) mass is 214 g/mol. The van der Waals surface area contributed by atoms with Crippen molar-refractivity contribution in [2.75, 3.05) is 6.54 Å². The van der Waals surface area contributed by atoms with Crippen molar-refractivity contribution in [2.24, 2.45) is 5.73 Å². The molecule has 0 saturated heterocycles. The van der Waals surface area contributed by atoms with E-state index in [1.54, 1.807) is 0 Å². The molecule has 0 aliphatic heterocycles. The minimum atomic E-state index is -0.336. The van der Waals surface area contributed by atoms with Crippen LogP contribution in [0.15, 0.2) is 0 Å². The van der Waals surface area contributed by atoms with Gasteiger partial charge in [-0.15, -0.1) is 0 Å². The molecule has 0 bridgehead atoms. The van der Waals surface area contributed by atoms with Crippen LogP contribution in [0.5, 0.6) is 0 Å². The number of carbonyl (C=O) groups excluding carboxylic acids is 1. The Morgan fingerprint density at radius 2 is 2.07 bits per heavy atom. The number of carbonyl (C=O) groups is 1. The number of hydrogen-bond donors (Lipinski definition) is 4. The predicted octanol–water partition coefficient (Wildman–Crippen LogP) is 1.19. The third-order valence-corrected chi connectivity index (χ3v) is 2.07. The normalized spacial score (nSPS) is 11.9. The number of rotatable bonds is 7. The Morgan fingerprint density at radius 3 is 2.53 bits per heavy atom. The molecule has 2 amide bonds. The van der Waals surface area contributed by atoms with Gasteiger partial charge in [-0.3, -0.25) is 5.41 Å². The first-order valence-electron chi connectivity index (χ1n) is 5.50. The summed E-state index contributed by atoms with van der Waals surface area (Å²) in [6.45, 7) is 4.72. The van der Waals surface area contributed by atoms with Crippen LogP contribution in [0.25, 0.3) is 0 Å². The Morgan fingerprint density at radius 1 is 1.40 bits per heavy atom. The summed E-state index contributed by atoms with van der Waals surface area (Å²) in [5, 5.41) is 12.7. The fourth-order valence-corrected chi connectivity index (χ4v) is 1.18. The Bertz CT molecular complexity index is 206. The van der Waals surface area contributed by atoms with Gasteiger partial charge in [-0.1, -0.05) is 26.7 Å². The molecule has 15 heavy (non-hydrogen) atoms. The first-order chi connectivity index (χ1) is 7.11. The molecule has 0 fully saturated rings. The first-order valence-corrected chi connectivity index (χ1v) is 5.50. The average molecular weight is 214 g/mol. The molecule has 0 rings (SSSR count). The summed E-state index contributed by atoms with van der Waals surface area (Å²) < 4.78 is 0. The molecule has 5 nitrogen and oxygen atoms in total. The molecule has 1 unspecified atom stereocenters. The molecular formula is C10H22N4O. The van der Waals surface area contributed by atoms with Gasteiger partial charge in [0.1, 0.15) is 5.84 Å². The van der Waals surface area contributed by atoms with Crippen LogP contribution in [0.4, 0.5) is 4.79 Å². The van der Waals surface area contributed by atoms with Gasteiger partial charge in [0.05, 0.1) is 6.04 Å². The summed E-state index contributed by atoms with van der Waals surface area (Å²) in [5.74, 6) is 0.0162. The van der Waals surface area contributed by atoms with Crippen molar-refractivity contribution in [1.29, 1.82) is 5.41 Å². The lowest BCUT2D eigenvalue weighted by Crippen LogP contribution is -2.48. The van der Waals surface area contributed by atoms with Gasteiger partial charge in [-0.05, 0) is 12.8 Å². The Kier molecular flexibility index (Phi) is 7.40. The van der Waals surface area contributed by atoms with Gasteiger partial charge in [-0.25, -0.2) is 4.79 Å². The number of amides is 2. The van der Waals surface area contributed by atoms with Crippen LogP contribution >= 0.6 is 0 Å². The molecule has 0 heterocycles. The SMILES string of the molecule is CCCCNC(=O)NC(CCC)C(=N)N. The van der Waals surface area contributed by atoms with E-state index in [-0.39, 0.29) is 17.9 Å². The molecule has 0 radical (unpaired) electrons. The third-order valence-electron chi connectivity index (χ3n) is 2.07. The molecule has 0 aliphatic carbocycles. The van der Waals surface area contributed by atoms with Crippen LogP contribution < -0.4 is 16.4 Å². The number of nitrogens with one attached hydrogen (secondary N) is 3. The van der Waals surface area contributed by atoms with Crippen molar-refractivity contribution < 1.29 is 4.79 Å². The number of amidine groups is 1. The minimum Gasteiger partial charge on any atom is -0.386 e. The number of unbranched alkanes of at least 4 members (excludes halogenated alkanes) is 1. The van der Waals surface area contributed by atoms with E-state index in [0.29, 0.717) is 13.0 Å². The lowest BCUT2D eigenvalue weighted by atomic mass is 10.1. The van der Waals surface area contributed by atoms with E-state index < -0.39 is 0 Å². The van der Waals surface area contributed by atoms with Gasteiger partial charge >= 0.3 is 6.03 Å². The molecule has 0 aromatic carbocycles. The van der Waals surface area contributed by atoms with E-state index in [1.165, 1.54) is 0 Å². The molecule has 0 aliphatic rings. The van der Waals surface area contributed by atoms with Crippen LogP contribution in [0.2, 0.25) is 0 Å². The van der Waals surface area contributed by atoms with E-state index >= 15 is 0 Å². The molecule has 88 valence electrons. The quantitative estimate of drug-likeness (QED) is 0.291. The van der Waals surface area contributed by atoms with Gasteiger partial charge < -0.3 is 16.4 Å². The van der Waals surface area contributed by atoms with Gasteiger partial charge in [0, 0.05) is 6.54 Å². The lowest BCUT2D eigenvalue weighted by molar-refractivity contribution is 0.239. The van der Waals surface area contributed by atoms with Crippen LogP contribution in [0.1, 0.15) is 39.5 Å². The molecule has 0 spiro atoms. The average Bonchev–Trinajstić information content (AvgIpc) is 2.17. The van der Waals surface area contributed by atoms with Crippen LogP contribution in [0.3, 0.4) is 0 Å². The van der Waals surface area contributed by atoms with E-state index in [0.717, 1.165) is 19.3 Å². The Hall–Kier alpha value is -1.26. The second-order valence-corrected chi connectivity index (χ2v) is 3.55. The second-order valence-electron chi connectivity index (χ2n) is 3.55. The Labute approximate surface area is 91.3 Å². The molecular weight excluding hydrogens is 192 g/mol. The van der Waals surface area contributed by atoms with Crippen LogP contribution in [-0.2, 0) is 0 Å². The first kappa shape index (κ1) is 13.7. The highest BCUT2D eigenvalue weighted by molar-refractivity contribution is 5.87. The van der Waals surface area contributed by atoms with E-state index in [1.807, 2.05) is 6.92 Å². The molecule has 1 atom stereocenters. The zero-order chi connectivity index (χ0) is 11.7. The molecule has 5 N–H and O–H groups in total. The van der Waals surface area contributed by atoms with E-state index in [2.05, 4.69) is 17.6 Å². The van der Waals surface area contributed by atoms with Crippen molar-refractivity contribution in [1.82, 2.24) is 10.6 Å². The summed E-state index contributed by atoms with van der Waals surface area (Å²) >= 11 is 0. The molecule has 0 saturated carbocycles. The topological polar surface area (TPSA) is 91.0 Å². The second kappa shape index (κ2) is 8.08. The predicted molar refractivity (Wildman–Crippen MR) is 62.1 cm³/mol. The molecule has 5 heteroatoms. The molecule has 0 aromatic rings. The smallest absolute Gasteiger partial charge is 0.315 e. The third kappa shape index (κ3) is 6.76. The van der Waals surface area contributed by atoms with Crippen LogP contribution in [0, 0.1) is 5.41 Å². The number of hydrogen-bond acceptors (Lipinski definition) is 2. The van der Waals surface area contributed by atoms with Crippen molar-refractivity contribution in [3.8, 4) is 0 Å². The van der Waals surface area contributed by atoms with Crippen molar-refractivity contribution >= 4 is 11.9 Å². The summed E-state index contributed by atoms with van der Waals surface area (Å²) in [4.78, 5) is 11.3. The zero-order valence-electron chi connectivity index (χ0n) is 9.60. The van der Waals surface area contributed by atoms with E-state index in [9.17, 15) is 4.79 Å². The zero-order valence-corrected chi connectivity index (χ0v) is 9.60. The summed E-state index contributed by atoms with van der Waals surface area (Å²) in [6, 6.07) is -0.575. The van der Waals surface area contributed by atoms with Crippen molar-refractivity contribution in [3.05, 3.63) is 0 Å². The van der Waals surface area contributed by atoms with Crippen molar-refractivity contribution in [2.45, 2.75) is 45.6 Å². The molecule has 0 aromatic heterocycles. The highest BCUT2D eigenvalue weighted by Gasteiger charge is 2.13. The maximum absolute atomic E-state index is 11.3. The van der Waals surface area contributed by atoms with Crippen molar-refractivity contribution in [3.63, 3.8) is 0 Å².